The molecule has 94 valence electrons. The average Bonchev–Trinajstić information content (AvgIpc) is 2.28. The largest absolute Gasteiger partial charge is 0.351 e. The van der Waals surface area contributed by atoms with E-state index in [-0.39, 0.29) is 5.82 Å². The second kappa shape index (κ2) is 6.85. The van der Waals surface area contributed by atoms with E-state index in [4.69, 9.17) is 11.5 Å². The van der Waals surface area contributed by atoms with Crippen molar-refractivity contribution in [3.8, 4) is 0 Å². The minimum Gasteiger partial charge on any atom is -0.351 e. The summed E-state index contributed by atoms with van der Waals surface area (Å²) in [6.45, 7) is 1.55. The van der Waals surface area contributed by atoms with Gasteiger partial charge in [-0.1, -0.05) is 12.1 Å². The topological polar surface area (TPSA) is 72.3 Å². The Labute approximate surface area is 100 Å². The molecule has 0 aliphatic carbocycles. The normalized spacial score (nSPS) is 10.2. The number of benzene rings is 1. The first-order chi connectivity index (χ1) is 8.13. The average molecular weight is 239 g/mol. The molecular formula is C12H18FN3O. The molecule has 0 fully saturated rings. The van der Waals surface area contributed by atoms with Gasteiger partial charge in [0.2, 0.25) is 0 Å². The Kier molecular flexibility index (Phi) is 5.42. The molecule has 4 N–H and O–H groups in total. The summed E-state index contributed by atoms with van der Waals surface area (Å²) in [6.07, 6.45) is 1.30. The molecule has 5 heteroatoms. The van der Waals surface area contributed by atoms with Crippen molar-refractivity contribution < 1.29 is 9.18 Å². The maximum absolute atomic E-state index is 12.9. The van der Waals surface area contributed by atoms with Crippen LogP contribution in [0.1, 0.15) is 12.0 Å². The number of nitrogens with two attached hydrogens (primary N) is 2. The zero-order valence-electron chi connectivity index (χ0n) is 9.73. The van der Waals surface area contributed by atoms with E-state index in [0.717, 1.165) is 5.56 Å². The zero-order chi connectivity index (χ0) is 12.7. The van der Waals surface area contributed by atoms with E-state index in [1.165, 1.54) is 17.0 Å². The van der Waals surface area contributed by atoms with Crippen LogP contribution in [0.5, 0.6) is 0 Å². The quantitative estimate of drug-likeness (QED) is 0.780. The monoisotopic (exact) mass is 239 g/mol. The molecule has 0 spiro atoms. The molecule has 0 aliphatic rings. The van der Waals surface area contributed by atoms with Crippen LogP contribution in [0, 0.1) is 5.82 Å². The number of carbonyl (C=O) groups is 1. The molecule has 0 radical (unpaired) electrons. The lowest BCUT2D eigenvalue weighted by atomic mass is 10.1. The highest BCUT2D eigenvalue weighted by Crippen LogP contribution is 2.05. The summed E-state index contributed by atoms with van der Waals surface area (Å²) < 4.78 is 12.9. The zero-order valence-corrected chi connectivity index (χ0v) is 9.73. The summed E-state index contributed by atoms with van der Waals surface area (Å²) in [4.78, 5) is 12.7. The third-order valence-electron chi connectivity index (χ3n) is 2.50. The van der Waals surface area contributed by atoms with E-state index in [1.54, 1.807) is 6.07 Å². The summed E-state index contributed by atoms with van der Waals surface area (Å²) in [6, 6.07) is 5.87. The molecule has 0 saturated heterocycles. The third-order valence-corrected chi connectivity index (χ3v) is 2.50. The first kappa shape index (κ1) is 13.4. The summed E-state index contributed by atoms with van der Waals surface area (Å²) in [5.74, 6) is -0.268. The van der Waals surface area contributed by atoms with E-state index < -0.39 is 6.03 Å². The lowest BCUT2D eigenvalue weighted by Gasteiger charge is -2.19. The smallest absolute Gasteiger partial charge is 0.314 e. The minimum absolute atomic E-state index is 0.268. The fourth-order valence-corrected chi connectivity index (χ4v) is 1.57. The molecule has 4 nitrogen and oxygen atoms in total. The van der Waals surface area contributed by atoms with Gasteiger partial charge in [-0.2, -0.15) is 0 Å². The van der Waals surface area contributed by atoms with Gasteiger partial charge in [0.05, 0.1) is 0 Å². The number of amides is 2. The summed E-state index contributed by atoms with van der Waals surface area (Å²) in [5, 5.41) is 0. The van der Waals surface area contributed by atoms with Gasteiger partial charge in [0.25, 0.3) is 0 Å². The van der Waals surface area contributed by atoms with Crippen LogP contribution in [-0.2, 0) is 6.42 Å². The predicted molar refractivity (Wildman–Crippen MR) is 64.9 cm³/mol. The van der Waals surface area contributed by atoms with Crippen molar-refractivity contribution in [1.82, 2.24) is 4.90 Å². The number of hydrogen-bond donors (Lipinski definition) is 2. The van der Waals surface area contributed by atoms with Gasteiger partial charge < -0.3 is 16.4 Å². The number of rotatable bonds is 6. The van der Waals surface area contributed by atoms with Gasteiger partial charge in [-0.15, -0.1) is 0 Å². The van der Waals surface area contributed by atoms with Crippen LogP contribution in [0.4, 0.5) is 9.18 Å². The van der Waals surface area contributed by atoms with Crippen molar-refractivity contribution in [2.75, 3.05) is 19.6 Å². The molecule has 0 bridgehead atoms. The fourth-order valence-electron chi connectivity index (χ4n) is 1.57. The highest BCUT2D eigenvalue weighted by Gasteiger charge is 2.08. The molecule has 1 aromatic rings. The highest BCUT2D eigenvalue weighted by molar-refractivity contribution is 5.71. The van der Waals surface area contributed by atoms with Crippen molar-refractivity contribution in [2.45, 2.75) is 12.8 Å². The molecule has 1 rings (SSSR count). The van der Waals surface area contributed by atoms with Crippen molar-refractivity contribution in [3.63, 3.8) is 0 Å². The molecular weight excluding hydrogens is 221 g/mol. The molecule has 17 heavy (non-hydrogen) atoms. The molecule has 0 unspecified atom stereocenters. The predicted octanol–water partition coefficient (Wildman–Crippen LogP) is 1.10. The van der Waals surface area contributed by atoms with E-state index in [9.17, 15) is 9.18 Å². The summed E-state index contributed by atoms with van der Waals surface area (Å²) >= 11 is 0. The van der Waals surface area contributed by atoms with Crippen LogP contribution in [0.2, 0.25) is 0 Å². The number of halogens is 1. The van der Waals surface area contributed by atoms with E-state index in [0.29, 0.717) is 32.5 Å². The lowest BCUT2D eigenvalue weighted by molar-refractivity contribution is 0.208. The number of carbonyl (C=O) groups excluding carboxylic acids is 1. The van der Waals surface area contributed by atoms with Gasteiger partial charge in [0.1, 0.15) is 5.82 Å². The first-order valence-corrected chi connectivity index (χ1v) is 5.62. The fraction of sp³-hybridized carbons (Fsp3) is 0.417. The van der Waals surface area contributed by atoms with Crippen LogP contribution >= 0.6 is 0 Å². The van der Waals surface area contributed by atoms with Gasteiger partial charge in [-0.3, -0.25) is 0 Å². The molecule has 0 aromatic heterocycles. The van der Waals surface area contributed by atoms with Gasteiger partial charge in [0, 0.05) is 13.1 Å². The Hall–Kier alpha value is -1.62. The Balaban J connectivity index is 2.48. The van der Waals surface area contributed by atoms with Crippen molar-refractivity contribution >= 4 is 6.03 Å². The first-order valence-electron chi connectivity index (χ1n) is 5.62. The molecule has 1 aromatic carbocycles. The van der Waals surface area contributed by atoms with Crippen LogP contribution in [-0.4, -0.2) is 30.6 Å². The molecule has 2 amide bonds. The van der Waals surface area contributed by atoms with E-state index in [1.807, 2.05) is 6.07 Å². The van der Waals surface area contributed by atoms with Crippen molar-refractivity contribution in [1.29, 1.82) is 0 Å². The van der Waals surface area contributed by atoms with Crippen LogP contribution in [0.25, 0.3) is 0 Å². The maximum atomic E-state index is 12.9. The summed E-state index contributed by atoms with van der Waals surface area (Å²) in [5.41, 5.74) is 11.5. The molecule has 0 saturated carbocycles. The van der Waals surface area contributed by atoms with Crippen molar-refractivity contribution in [2.24, 2.45) is 11.5 Å². The SMILES string of the molecule is NCCCN(CCc1cccc(F)c1)C(N)=O. The summed E-state index contributed by atoms with van der Waals surface area (Å²) in [7, 11) is 0. The second-order valence-electron chi connectivity index (χ2n) is 3.85. The highest BCUT2D eigenvalue weighted by atomic mass is 19.1. The van der Waals surface area contributed by atoms with Crippen molar-refractivity contribution in [3.05, 3.63) is 35.6 Å². The van der Waals surface area contributed by atoms with Crippen LogP contribution in [0.3, 0.4) is 0 Å². The third kappa shape index (κ3) is 4.82. The standard InChI is InChI=1S/C12H18FN3O/c13-11-4-1-3-10(9-11)5-8-16(12(15)17)7-2-6-14/h1,3-4,9H,2,5-8,14H2,(H2,15,17). The Morgan fingerprint density at radius 3 is 2.71 bits per heavy atom. The number of hydrogen-bond acceptors (Lipinski definition) is 2. The molecule has 0 aliphatic heterocycles. The van der Waals surface area contributed by atoms with Crippen LogP contribution < -0.4 is 11.5 Å². The Bertz CT molecular complexity index is 371. The lowest BCUT2D eigenvalue weighted by Crippen LogP contribution is -2.38. The van der Waals surface area contributed by atoms with Crippen LogP contribution in [0.15, 0.2) is 24.3 Å². The Morgan fingerprint density at radius 2 is 2.12 bits per heavy atom. The number of primary amides is 1. The molecule has 0 atom stereocenters. The van der Waals surface area contributed by atoms with Gasteiger partial charge in [-0.05, 0) is 37.1 Å². The molecule has 0 heterocycles. The van der Waals surface area contributed by atoms with Gasteiger partial charge >= 0.3 is 6.03 Å². The minimum atomic E-state index is -0.463. The van der Waals surface area contributed by atoms with E-state index in [2.05, 4.69) is 0 Å². The van der Waals surface area contributed by atoms with E-state index >= 15 is 0 Å². The number of nitrogens with zero attached hydrogens (tertiary/aromatic N) is 1. The number of urea groups is 1. The van der Waals surface area contributed by atoms with Gasteiger partial charge in [-0.25, -0.2) is 9.18 Å². The second-order valence-corrected chi connectivity index (χ2v) is 3.85. The van der Waals surface area contributed by atoms with Gasteiger partial charge in [0.15, 0.2) is 0 Å². The maximum Gasteiger partial charge on any atom is 0.314 e. The Morgan fingerprint density at radius 1 is 1.35 bits per heavy atom.